The van der Waals surface area contributed by atoms with Crippen LogP contribution in [-0.2, 0) is 16.3 Å². The van der Waals surface area contributed by atoms with Crippen molar-refractivity contribution in [2.75, 3.05) is 11.5 Å². The van der Waals surface area contributed by atoms with Crippen molar-refractivity contribution < 1.29 is 17.6 Å². The molecule has 1 saturated heterocycles. The molecule has 2 aliphatic rings. The lowest BCUT2D eigenvalue weighted by atomic mass is 9.92. The molecule has 23 heavy (non-hydrogen) atoms. The molecule has 1 aliphatic carbocycles. The Labute approximate surface area is 137 Å². The van der Waals surface area contributed by atoms with Gasteiger partial charge < -0.3 is 9.32 Å². The van der Waals surface area contributed by atoms with Gasteiger partial charge in [0.1, 0.15) is 0 Å². The van der Waals surface area contributed by atoms with Gasteiger partial charge in [-0.25, -0.2) is 13.4 Å². The minimum atomic E-state index is -3.04. The van der Waals surface area contributed by atoms with Crippen molar-refractivity contribution >= 4 is 15.7 Å². The zero-order valence-corrected chi connectivity index (χ0v) is 14.3. The number of hydrogen-bond donors (Lipinski definition) is 0. The second-order valence-corrected chi connectivity index (χ2v) is 8.77. The summed E-state index contributed by atoms with van der Waals surface area (Å²) in [7, 11) is -3.04. The molecule has 3 rings (SSSR count). The maximum Gasteiger partial charge on any atom is 0.292 e. The van der Waals surface area contributed by atoms with Crippen LogP contribution in [0.15, 0.2) is 10.8 Å². The zero-order chi connectivity index (χ0) is 16.4. The third kappa shape index (κ3) is 3.44. The van der Waals surface area contributed by atoms with E-state index >= 15 is 0 Å². The number of oxazole rings is 1. The summed E-state index contributed by atoms with van der Waals surface area (Å²) in [4.78, 5) is 19.0. The maximum atomic E-state index is 13.1. The van der Waals surface area contributed by atoms with Crippen LogP contribution in [0.4, 0.5) is 0 Å². The fourth-order valence-corrected chi connectivity index (χ4v) is 5.51. The van der Waals surface area contributed by atoms with Gasteiger partial charge in [0.15, 0.2) is 16.2 Å². The third-order valence-electron chi connectivity index (χ3n) is 4.97. The molecule has 1 atom stereocenters. The molecule has 1 saturated carbocycles. The Morgan fingerprint density at radius 1 is 1.26 bits per heavy atom. The van der Waals surface area contributed by atoms with Crippen molar-refractivity contribution in [3.05, 3.63) is 17.8 Å². The highest BCUT2D eigenvalue weighted by Gasteiger charge is 2.40. The van der Waals surface area contributed by atoms with Crippen LogP contribution in [0.2, 0.25) is 0 Å². The third-order valence-corrected chi connectivity index (χ3v) is 6.73. The van der Waals surface area contributed by atoms with Crippen LogP contribution in [0.25, 0.3) is 0 Å². The molecular formula is C16H24N2O4S. The summed E-state index contributed by atoms with van der Waals surface area (Å²) in [6.07, 6.45) is 7.70. The molecular weight excluding hydrogens is 316 g/mol. The number of aromatic nitrogens is 1. The molecule has 1 aromatic heterocycles. The summed E-state index contributed by atoms with van der Waals surface area (Å²) in [6.45, 7) is 1.93. The van der Waals surface area contributed by atoms with E-state index in [4.69, 9.17) is 4.42 Å². The van der Waals surface area contributed by atoms with Crippen LogP contribution in [-0.4, -0.2) is 47.8 Å². The predicted molar refractivity (Wildman–Crippen MR) is 86.0 cm³/mol. The molecule has 1 aromatic rings. The summed E-state index contributed by atoms with van der Waals surface area (Å²) >= 11 is 0. The summed E-state index contributed by atoms with van der Waals surface area (Å²) in [5, 5.41) is 0. The van der Waals surface area contributed by atoms with Gasteiger partial charge in [-0.05, 0) is 25.7 Å². The number of sulfone groups is 1. The Morgan fingerprint density at radius 2 is 2.00 bits per heavy atom. The van der Waals surface area contributed by atoms with E-state index in [1.807, 2.05) is 11.8 Å². The highest BCUT2D eigenvalue weighted by Crippen LogP contribution is 2.30. The Balaban J connectivity index is 1.89. The topological polar surface area (TPSA) is 80.5 Å². The first kappa shape index (κ1) is 16.5. The summed E-state index contributed by atoms with van der Waals surface area (Å²) in [5.41, 5.74) is 0.650. The van der Waals surface area contributed by atoms with Gasteiger partial charge >= 0.3 is 0 Å². The van der Waals surface area contributed by atoms with Gasteiger partial charge in [0.05, 0.1) is 17.2 Å². The molecule has 2 heterocycles. The van der Waals surface area contributed by atoms with Crippen LogP contribution < -0.4 is 0 Å². The molecule has 7 heteroatoms. The first-order valence-corrected chi connectivity index (χ1v) is 10.3. The number of aryl methyl sites for hydroxylation is 1. The number of amides is 1. The molecule has 1 amide bonds. The van der Waals surface area contributed by atoms with Crippen molar-refractivity contribution in [1.29, 1.82) is 0 Å². The molecule has 0 aromatic carbocycles. The van der Waals surface area contributed by atoms with Gasteiger partial charge in [0, 0.05) is 12.1 Å². The average molecular weight is 340 g/mol. The van der Waals surface area contributed by atoms with E-state index in [1.54, 1.807) is 0 Å². The van der Waals surface area contributed by atoms with Crippen molar-refractivity contribution in [1.82, 2.24) is 9.88 Å². The van der Waals surface area contributed by atoms with Crippen LogP contribution >= 0.6 is 0 Å². The Hall–Kier alpha value is -1.37. The van der Waals surface area contributed by atoms with E-state index in [2.05, 4.69) is 4.98 Å². The minimum Gasteiger partial charge on any atom is -0.438 e. The summed E-state index contributed by atoms with van der Waals surface area (Å²) in [5.74, 6) is 0.339. The SMILES string of the molecule is CCc1ncoc1C(=O)N(C1CCCCC1)C1CCS(=O)(=O)C1. The van der Waals surface area contributed by atoms with Crippen LogP contribution in [0.5, 0.6) is 0 Å². The quantitative estimate of drug-likeness (QED) is 0.839. The van der Waals surface area contributed by atoms with Crippen molar-refractivity contribution in [2.45, 2.75) is 64.0 Å². The van der Waals surface area contributed by atoms with Crippen LogP contribution in [0, 0.1) is 0 Å². The van der Waals surface area contributed by atoms with E-state index in [-0.39, 0.29) is 35.3 Å². The molecule has 0 spiro atoms. The molecule has 0 radical (unpaired) electrons. The normalized spacial score (nSPS) is 24.7. The molecule has 2 fully saturated rings. The highest BCUT2D eigenvalue weighted by atomic mass is 32.2. The first-order chi connectivity index (χ1) is 11.0. The first-order valence-electron chi connectivity index (χ1n) is 8.47. The van der Waals surface area contributed by atoms with Crippen molar-refractivity contribution in [3.63, 3.8) is 0 Å². The molecule has 6 nitrogen and oxygen atoms in total. The Morgan fingerprint density at radius 3 is 2.61 bits per heavy atom. The van der Waals surface area contributed by atoms with Crippen molar-refractivity contribution in [2.24, 2.45) is 0 Å². The van der Waals surface area contributed by atoms with Crippen LogP contribution in [0.3, 0.4) is 0 Å². The van der Waals surface area contributed by atoms with Gasteiger partial charge in [-0.2, -0.15) is 0 Å². The highest BCUT2D eigenvalue weighted by molar-refractivity contribution is 7.91. The average Bonchev–Trinajstić information content (AvgIpc) is 3.14. The van der Waals surface area contributed by atoms with Gasteiger partial charge in [0.25, 0.3) is 5.91 Å². The van der Waals surface area contributed by atoms with E-state index < -0.39 is 9.84 Å². The lowest BCUT2D eigenvalue weighted by molar-refractivity contribution is 0.0508. The Bertz CT molecular complexity index is 661. The number of rotatable bonds is 4. The monoisotopic (exact) mass is 340 g/mol. The Kier molecular flexibility index (Phi) is 4.75. The molecule has 1 unspecified atom stereocenters. The fourth-order valence-electron chi connectivity index (χ4n) is 3.80. The van der Waals surface area contributed by atoms with Gasteiger partial charge in [-0.3, -0.25) is 4.79 Å². The smallest absolute Gasteiger partial charge is 0.292 e. The lowest BCUT2D eigenvalue weighted by Crippen LogP contribution is -2.48. The molecule has 1 aliphatic heterocycles. The van der Waals surface area contributed by atoms with Crippen LogP contribution in [0.1, 0.15) is 61.7 Å². The van der Waals surface area contributed by atoms with E-state index in [1.165, 1.54) is 12.8 Å². The number of nitrogens with zero attached hydrogens (tertiary/aromatic N) is 2. The van der Waals surface area contributed by atoms with Gasteiger partial charge in [-0.15, -0.1) is 0 Å². The number of carbonyl (C=O) groups is 1. The number of carbonyl (C=O) groups excluding carboxylic acids is 1. The second kappa shape index (κ2) is 6.63. The van der Waals surface area contributed by atoms with E-state index in [0.29, 0.717) is 18.5 Å². The van der Waals surface area contributed by atoms with E-state index in [0.717, 1.165) is 25.7 Å². The predicted octanol–water partition coefficient (Wildman–Crippen LogP) is 2.20. The zero-order valence-electron chi connectivity index (χ0n) is 13.5. The summed E-state index contributed by atoms with van der Waals surface area (Å²) in [6, 6.07) is -0.116. The maximum absolute atomic E-state index is 13.1. The second-order valence-electron chi connectivity index (χ2n) is 6.54. The van der Waals surface area contributed by atoms with Crippen molar-refractivity contribution in [3.8, 4) is 0 Å². The molecule has 0 N–H and O–H groups in total. The van der Waals surface area contributed by atoms with Gasteiger partial charge in [0.2, 0.25) is 5.76 Å². The fraction of sp³-hybridized carbons (Fsp3) is 0.750. The minimum absolute atomic E-state index is 0.0742. The standard InChI is InChI=1S/C16H24N2O4S/c1-2-14-15(22-11-17-14)16(19)18(12-6-4-3-5-7-12)13-8-9-23(20,21)10-13/h11-13H,2-10H2,1H3. The number of hydrogen-bond acceptors (Lipinski definition) is 5. The lowest BCUT2D eigenvalue weighted by Gasteiger charge is -2.37. The summed E-state index contributed by atoms with van der Waals surface area (Å²) < 4.78 is 29.1. The van der Waals surface area contributed by atoms with Gasteiger partial charge in [-0.1, -0.05) is 26.2 Å². The van der Waals surface area contributed by atoms with E-state index in [9.17, 15) is 13.2 Å². The molecule has 0 bridgehead atoms. The molecule has 128 valence electrons. The largest absolute Gasteiger partial charge is 0.438 e.